The van der Waals surface area contributed by atoms with Crippen LogP contribution in [-0.2, 0) is 6.42 Å². The lowest BCUT2D eigenvalue weighted by atomic mass is 10.1. The third-order valence-electron chi connectivity index (χ3n) is 3.59. The number of benzene rings is 2. The van der Waals surface area contributed by atoms with E-state index in [0.29, 0.717) is 11.0 Å². The van der Waals surface area contributed by atoms with Crippen LogP contribution in [0.3, 0.4) is 0 Å². The molecular weight excluding hydrogens is 296 g/mol. The maximum absolute atomic E-state index is 9.61. The van der Waals surface area contributed by atoms with Gasteiger partial charge in [-0.05, 0) is 23.4 Å². The average Bonchev–Trinajstić information content (AvgIpc) is 2.55. The van der Waals surface area contributed by atoms with Crippen molar-refractivity contribution in [1.29, 1.82) is 0 Å². The van der Waals surface area contributed by atoms with Crippen molar-refractivity contribution in [3.05, 3.63) is 71.4 Å². The fraction of sp³-hybridized carbons (Fsp3) is 0.167. The molecule has 1 atom stereocenters. The number of fused-ring (bicyclic) bond motifs is 1. The van der Waals surface area contributed by atoms with Crippen molar-refractivity contribution in [3.8, 4) is 0 Å². The number of pyridine rings is 1. The van der Waals surface area contributed by atoms with Crippen LogP contribution in [0.4, 0.5) is 5.82 Å². The van der Waals surface area contributed by atoms with Crippen LogP contribution in [0, 0.1) is 0 Å². The number of rotatable bonds is 5. The van der Waals surface area contributed by atoms with Gasteiger partial charge in [-0.3, -0.25) is 0 Å². The second kappa shape index (κ2) is 6.77. The van der Waals surface area contributed by atoms with Crippen LogP contribution in [0.25, 0.3) is 10.8 Å². The molecule has 1 heterocycles. The molecule has 112 valence electrons. The molecule has 0 spiro atoms. The van der Waals surface area contributed by atoms with Crippen LogP contribution < -0.4 is 5.32 Å². The summed E-state index contributed by atoms with van der Waals surface area (Å²) in [6.07, 6.45) is 0.726. The first-order valence-electron chi connectivity index (χ1n) is 7.23. The number of halogens is 1. The molecule has 2 aromatic carbocycles. The molecule has 0 fully saturated rings. The third kappa shape index (κ3) is 3.38. The van der Waals surface area contributed by atoms with Crippen LogP contribution in [0.2, 0.25) is 5.15 Å². The lowest BCUT2D eigenvalue weighted by molar-refractivity contribution is 0.273. The fourth-order valence-corrected chi connectivity index (χ4v) is 2.76. The topological polar surface area (TPSA) is 45.1 Å². The molecule has 0 aliphatic heterocycles. The number of aliphatic hydroxyl groups is 1. The third-order valence-corrected chi connectivity index (χ3v) is 3.88. The Labute approximate surface area is 134 Å². The van der Waals surface area contributed by atoms with E-state index >= 15 is 0 Å². The number of anilines is 1. The lowest BCUT2D eigenvalue weighted by Crippen LogP contribution is -2.26. The maximum atomic E-state index is 9.61. The highest BCUT2D eigenvalue weighted by Crippen LogP contribution is 2.24. The second-order valence-corrected chi connectivity index (χ2v) is 5.59. The molecule has 2 N–H and O–H groups in total. The standard InChI is InChI=1S/C18H17ClN2O/c19-18-16-9-5-4-8-14(16)11-17(21-18)20-15(12-22)10-13-6-2-1-3-7-13/h1-9,11,15,22H,10,12H2,(H,20,21). The average molecular weight is 313 g/mol. The molecule has 0 aliphatic rings. The molecule has 22 heavy (non-hydrogen) atoms. The van der Waals surface area contributed by atoms with Gasteiger partial charge in [-0.25, -0.2) is 4.98 Å². The molecule has 0 amide bonds. The molecule has 1 aromatic heterocycles. The van der Waals surface area contributed by atoms with Crippen molar-refractivity contribution in [3.63, 3.8) is 0 Å². The van der Waals surface area contributed by atoms with E-state index in [2.05, 4.69) is 10.3 Å². The Morgan fingerprint density at radius 1 is 1.05 bits per heavy atom. The van der Waals surface area contributed by atoms with Gasteiger partial charge in [0.05, 0.1) is 12.6 Å². The summed E-state index contributed by atoms with van der Waals surface area (Å²) in [6, 6.07) is 19.8. The molecule has 0 saturated heterocycles. The SMILES string of the molecule is OCC(Cc1ccccc1)Nc1cc2ccccc2c(Cl)n1. The molecule has 1 unspecified atom stereocenters. The monoisotopic (exact) mass is 312 g/mol. The van der Waals surface area contributed by atoms with E-state index in [1.165, 1.54) is 5.56 Å². The van der Waals surface area contributed by atoms with Gasteiger partial charge in [0, 0.05) is 5.39 Å². The number of aromatic nitrogens is 1. The Morgan fingerprint density at radius 2 is 1.77 bits per heavy atom. The van der Waals surface area contributed by atoms with Crippen molar-refractivity contribution in [2.75, 3.05) is 11.9 Å². The summed E-state index contributed by atoms with van der Waals surface area (Å²) < 4.78 is 0. The molecule has 3 rings (SSSR count). The minimum absolute atomic E-state index is 0.0288. The molecule has 0 bridgehead atoms. The van der Waals surface area contributed by atoms with Crippen LogP contribution >= 0.6 is 11.6 Å². The smallest absolute Gasteiger partial charge is 0.139 e. The Morgan fingerprint density at radius 3 is 2.55 bits per heavy atom. The van der Waals surface area contributed by atoms with Gasteiger partial charge in [-0.2, -0.15) is 0 Å². The van der Waals surface area contributed by atoms with Gasteiger partial charge >= 0.3 is 0 Å². The summed E-state index contributed by atoms with van der Waals surface area (Å²) >= 11 is 6.24. The van der Waals surface area contributed by atoms with Crippen molar-refractivity contribution >= 4 is 28.2 Å². The summed E-state index contributed by atoms with van der Waals surface area (Å²) in [6.45, 7) is 0.0288. The van der Waals surface area contributed by atoms with Gasteiger partial charge in [0.25, 0.3) is 0 Å². The van der Waals surface area contributed by atoms with E-state index < -0.39 is 0 Å². The predicted molar refractivity (Wildman–Crippen MR) is 91.4 cm³/mol. The lowest BCUT2D eigenvalue weighted by Gasteiger charge is -2.17. The normalized spacial score (nSPS) is 12.3. The zero-order chi connectivity index (χ0) is 15.4. The molecule has 0 saturated carbocycles. The molecule has 4 heteroatoms. The highest BCUT2D eigenvalue weighted by atomic mass is 35.5. The number of hydrogen-bond donors (Lipinski definition) is 2. The van der Waals surface area contributed by atoms with E-state index in [-0.39, 0.29) is 12.6 Å². The summed E-state index contributed by atoms with van der Waals surface area (Å²) in [7, 11) is 0. The van der Waals surface area contributed by atoms with E-state index in [4.69, 9.17) is 11.6 Å². The van der Waals surface area contributed by atoms with Crippen LogP contribution in [0.5, 0.6) is 0 Å². The van der Waals surface area contributed by atoms with Gasteiger partial charge in [0.15, 0.2) is 0 Å². The Bertz CT molecular complexity index is 761. The first-order chi connectivity index (χ1) is 10.8. The first-order valence-corrected chi connectivity index (χ1v) is 7.60. The Kier molecular flexibility index (Phi) is 4.56. The maximum Gasteiger partial charge on any atom is 0.139 e. The van der Waals surface area contributed by atoms with Gasteiger partial charge in [0.2, 0.25) is 0 Å². The minimum Gasteiger partial charge on any atom is -0.394 e. The molecule has 0 radical (unpaired) electrons. The second-order valence-electron chi connectivity index (χ2n) is 5.23. The molecule has 3 aromatic rings. The van der Waals surface area contributed by atoms with E-state index in [9.17, 15) is 5.11 Å². The quantitative estimate of drug-likeness (QED) is 0.702. The Hall–Kier alpha value is -2.10. The number of nitrogens with zero attached hydrogens (tertiary/aromatic N) is 1. The summed E-state index contributed by atoms with van der Waals surface area (Å²) in [4.78, 5) is 4.37. The highest BCUT2D eigenvalue weighted by molar-refractivity contribution is 6.34. The van der Waals surface area contributed by atoms with Gasteiger partial charge in [-0.15, -0.1) is 0 Å². The summed E-state index contributed by atoms with van der Waals surface area (Å²) in [5.41, 5.74) is 1.17. The number of nitrogens with one attached hydrogen (secondary N) is 1. The largest absolute Gasteiger partial charge is 0.394 e. The van der Waals surface area contributed by atoms with Crippen LogP contribution in [-0.4, -0.2) is 22.7 Å². The number of hydrogen-bond acceptors (Lipinski definition) is 3. The first kappa shape index (κ1) is 14.8. The highest BCUT2D eigenvalue weighted by Gasteiger charge is 2.11. The molecular formula is C18H17ClN2O. The van der Waals surface area contributed by atoms with E-state index in [1.807, 2.05) is 60.7 Å². The van der Waals surface area contributed by atoms with Crippen molar-refractivity contribution in [1.82, 2.24) is 4.98 Å². The van der Waals surface area contributed by atoms with Gasteiger partial charge in [-0.1, -0.05) is 66.2 Å². The van der Waals surface area contributed by atoms with E-state index in [1.54, 1.807) is 0 Å². The van der Waals surface area contributed by atoms with Crippen molar-refractivity contribution < 1.29 is 5.11 Å². The van der Waals surface area contributed by atoms with Crippen LogP contribution in [0.1, 0.15) is 5.56 Å². The van der Waals surface area contributed by atoms with Gasteiger partial charge < -0.3 is 10.4 Å². The summed E-state index contributed by atoms with van der Waals surface area (Å²) in [5.74, 6) is 0.679. The molecule has 0 aliphatic carbocycles. The summed E-state index contributed by atoms with van der Waals surface area (Å²) in [5, 5.41) is 15.3. The van der Waals surface area contributed by atoms with Gasteiger partial charge in [0.1, 0.15) is 11.0 Å². The predicted octanol–water partition coefficient (Wildman–Crippen LogP) is 3.90. The Balaban J connectivity index is 1.81. The minimum atomic E-state index is -0.105. The fourth-order valence-electron chi connectivity index (χ4n) is 2.50. The zero-order valence-electron chi connectivity index (χ0n) is 12.0. The van der Waals surface area contributed by atoms with Crippen LogP contribution in [0.15, 0.2) is 60.7 Å². The number of aliphatic hydroxyl groups excluding tert-OH is 1. The van der Waals surface area contributed by atoms with Crippen molar-refractivity contribution in [2.45, 2.75) is 12.5 Å². The zero-order valence-corrected chi connectivity index (χ0v) is 12.8. The van der Waals surface area contributed by atoms with Crippen molar-refractivity contribution in [2.24, 2.45) is 0 Å². The van der Waals surface area contributed by atoms with E-state index in [0.717, 1.165) is 17.2 Å². The molecule has 3 nitrogen and oxygen atoms in total.